The van der Waals surface area contributed by atoms with Crippen LogP contribution in [-0.4, -0.2) is 38.1 Å². The lowest BCUT2D eigenvalue weighted by Gasteiger charge is -2.19. The quantitative estimate of drug-likeness (QED) is 0.451. The molecule has 0 unspecified atom stereocenters. The summed E-state index contributed by atoms with van der Waals surface area (Å²) in [5.74, 6) is 0.632. The number of nitriles is 1. The number of hydrogen-bond donors (Lipinski definition) is 0. The first-order chi connectivity index (χ1) is 15.2. The van der Waals surface area contributed by atoms with E-state index in [1.807, 2.05) is 36.4 Å². The van der Waals surface area contributed by atoms with Crippen LogP contribution in [0.5, 0.6) is 0 Å². The summed E-state index contributed by atoms with van der Waals surface area (Å²) in [5.41, 5.74) is 2.39. The largest absolute Gasteiger partial charge is 0.465 e. The van der Waals surface area contributed by atoms with Crippen LogP contribution in [-0.2, 0) is 11.3 Å². The number of tetrazole rings is 1. The number of aromatic nitrogens is 4. The maximum atomic E-state index is 13.4. The molecule has 0 radical (unpaired) electrons. The zero-order valence-corrected chi connectivity index (χ0v) is 16.7. The molecule has 0 fully saturated rings. The standard InChI is InChI=1S/C23H18N6O2/c1-28(16-18-8-5-7-17(13-18)15-24)23(30)21(14-20-11-6-12-31-20)29-22(25-26-27-29)19-9-3-2-4-10-19/h2-14H,16H2,1H3/b21-14-. The van der Waals surface area contributed by atoms with Gasteiger partial charge in [0.15, 0.2) is 5.82 Å². The monoisotopic (exact) mass is 410 g/mol. The number of furan rings is 1. The summed E-state index contributed by atoms with van der Waals surface area (Å²) < 4.78 is 6.83. The Morgan fingerprint density at radius 2 is 2.00 bits per heavy atom. The molecule has 4 aromatic rings. The summed E-state index contributed by atoms with van der Waals surface area (Å²) >= 11 is 0. The lowest BCUT2D eigenvalue weighted by atomic mass is 10.1. The molecular weight excluding hydrogens is 392 g/mol. The highest BCUT2D eigenvalue weighted by molar-refractivity contribution is 6.18. The Kier molecular flexibility index (Phi) is 5.67. The van der Waals surface area contributed by atoms with Gasteiger partial charge in [0, 0.05) is 25.2 Å². The van der Waals surface area contributed by atoms with E-state index in [0.717, 1.165) is 11.1 Å². The van der Waals surface area contributed by atoms with Crippen LogP contribution < -0.4 is 0 Å². The second-order valence-electron chi connectivity index (χ2n) is 6.80. The molecule has 1 amide bonds. The molecule has 0 spiro atoms. The third-order valence-electron chi connectivity index (χ3n) is 4.59. The Bertz CT molecular complexity index is 1250. The second-order valence-corrected chi connectivity index (χ2v) is 6.80. The molecule has 4 rings (SSSR count). The summed E-state index contributed by atoms with van der Waals surface area (Å²) in [6, 6.07) is 22.1. The van der Waals surface area contributed by atoms with Crippen LogP contribution in [0.4, 0.5) is 0 Å². The first-order valence-corrected chi connectivity index (χ1v) is 9.49. The van der Waals surface area contributed by atoms with E-state index in [-0.39, 0.29) is 11.6 Å². The number of rotatable bonds is 6. The van der Waals surface area contributed by atoms with E-state index >= 15 is 0 Å². The molecule has 2 aromatic carbocycles. The first-order valence-electron chi connectivity index (χ1n) is 9.49. The van der Waals surface area contributed by atoms with E-state index in [2.05, 4.69) is 21.6 Å². The zero-order valence-electron chi connectivity index (χ0n) is 16.7. The third-order valence-corrected chi connectivity index (χ3v) is 4.59. The Labute approximate surface area is 178 Å². The van der Waals surface area contributed by atoms with Gasteiger partial charge < -0.3 is 9.32 Å². The van der Waals surface area contributed by atoms with Gasteiger partial charge >= 0.3 is 0 Å². The number of benzene rings is 2. The number of amides is 1. The van der Waals surface area contributed by atoms with Gasteiger partial charge in [-0.05, 0) is 40.3 Å². The molecule has 31 heavy (non-hydrogen) atoms. The zero-order chi connectivity index (χ0) is 21.6. The molecule has 0 saturated heterocycles. The van der Waals surface area contributed by atoms with Gasteiger partial charge in [-0.1, -0.05) is 42.5 Å². The van der Waals surface area contributed by atoms with Gasteiger partial charge in [-0.3, -0.25) is 4.79 Å². The van der Waals surface area contributed by atoms with Crippen molar-refractivity contribution >= 4 is 17.7 Å². The normalized spacial score (nSPS) is 11.2. The molecule has 8 heteroatoms. The molecule has 0 aliphatic heterocycles. The number of carbonyl (C=O) groups excluding carboxylic acids is 1. The average molecular weight is 410 g/mol. The van der Waals surface area contributed by atoms with Crippen molar-refractivity contribution in [3.05, 3.63) is 89.9 Å². The number of carbonyl (C=O) groups is 1. The van der Waals surface area contributed by atoms with Gasteiger partial charge in [-0.15, -0.1) is 5.10 Å². The fraction of sp³-hybridized carbons (Fsp3) is 0.0870. The van der Waals surface area contributed by atoms with Crippen molar-refractivity contribution in [2.75, 3.05) is 7.05 Å². The molecule has 8 nitrogen and oxygen atoms in total. The molecule has 0 saturated carbocycles. The van der Waals surface area contributed by atoms with Crippen LogP contribution in [0.15, 0.2) is 77.4 Å². The molecule has 2 aromatic heterocycles. The van der Waals surface area contributed by atoms with Crippen molar-refractivity contribution in [1.82, 2.24) is 25.1 Å². The number of nitrogens with zero attached hydrogens (tertiary/aromatic N) is 6. The second kappa shape index (κ2) is 8.88. The topological polar surface area (TPSA) is 101 Å². The average Bonchev–Trinajstić information content (AvgIpc) is 3.50. The van der Waals surface area contributed by atoms with Gasteiger partial charge in [-0.25, -0.2) is 0 Å². The molecule has 2 heterocycles. The van der Waals surface area contributed by atoms with Crippen LogP contribution >= 0.6 is 0 Å². The third kappa shape index (κ3) is 4.41. The number of likely N-dealkylation sites (N-methyl/N-ethyl adjacent to an activating group) is 1. The van der Waals surface area contributed by atoms with Crippen LogP contribution in [0.2, 0.25) is 0 Å². The maximum absolute atomic E-state index is 13.4. The van der Waals surface area contributed by atoms with Crippen LogP contribution in [0.3, 0.4) is 0 Å². The summed E-state index contributed by atoms with van der Waals surface area (Å²) in [7, 11) is 1.68. The van der Waals surface area contributed by atoms with E-state index in [0.29, 0.717) is 23.7 Å². The van der Waals surface area contributed by atoms with Crippen LogP contribution in [0, 0.1) is 11.3 Å². The van der Waals surface area contributed by atoms with Gasteiger partial charge in [0.1, 0.15) is 11.5 Å². The van der Waals surface area contributed by atoms with Gasteiger partial charge in [0.25, 0.3) is 5.91 Å². The summed E-state index contributed by atoms with van der Waals surface area (Å²) in [6.07, 6.45) is 3.13. The highest BCUT2D eigenvalue weighted by Gasteiger charge is 2.23. The molecule has 0 bridgehead atoms. The van der Waals surface area contributed by atoms with E-state index < -0.39 is 0 Å². The molecule has 0 aliphatic rings. The van der Waals surface area contributed by atoms with Crippen molar-refractivity contribution in [2.45, 2.75) is 6.54 Å². The fourth-order valence-corrected chi connectivity index (χ4v) is 3.12. The molecule has 152 valence electrons. The molecule has 0 aliphatic carbocycles. The first kappa shape index (κ1) is 19.8. The maximum Gasteiger partial charge on any atom is 0.272 e. The van der Waals surface area contributed by atoms with Crippen LogP contribution in [0.25, 0.3) is 23.2 Å². The Hall–Kier alpha value is -4.51. The van der Waals surface area contributed by atoms with Crippen molar-refractivity contribution in [3.63, 3.8) is 0 Å². The Balaban J connectivity index is 1.71. The highest BCUT2D eigenvalue weighted by Crippen LogP contribution is 2.22. The predicted molar refractivity (Wildman–Crippen MR) is 114 cm³/mol. The summed E-state index contributed by atoms with van der Waals surface area (Å²) in [4.78, 5) is 15.0. The van der Waals surface area contributed by atoms with E-state index in [1.165, 1.54) is 10.9 Å². The molecule has 0 atom stereocenters. The van der Waals surface area contributed by atoms with Crippen molar-refractivity contribution in [3.8, 4) is 17.5 Å². The fourth-order valence-electron chi connectivity index (χ4n) is 3.12. The van der Waals surface area contributed by atoms with Gasteiger partial charge in [0.05, 0.1) is 17.9 Å². The minimum absolute atomic E-state index is 0.234. The number of hydrogen-bond acceptors (Lipinski definition) is 6. The minimum Gasteiger partial charge on any atom is -0.465 e. The van der Waals surface area contributed by atoms with Gasteiger partial charge in [0.2, 0.25) is 0 Å². The Morgan fingerprint density at radius 1 is 1.16 bits per heavy atom. The predicted octanol–water partition coefficient (Wildman–Crippen LogP) is 3.46. The highest BCUT2D eigenvalue weighted by atomic mass is 16.3. The lowest BCUT2D eigenvalue weighted by Crippen LogP contribution is -2.29. The van der Waals surface area contributed by atoms with Crippen LogP contribution in [0.1, 0.15) is 16.9 Å². The van der Waals surface area contributed by atoms with E-state index in [9.17, 15) is 4.79 Å². The van der Waals surface area contributed by atoms with Crippen molar-refractivity contribution in [1.29, 1.82) is 5.26 Å². The van der Waals surface area contributed by atoms with Gasteiger partial charge in [-0.2, -0.15) is 9.94 Å². The van der Waals surface area contributed by atoms with E-state index in [1.54, 1.807) is 48.4 Å². The summed E-state index contributed by atoms with van der Waals surface area (Å²) in [6.45, 7) is 0.312. The smallest absolute Gasteiger partial charge is 0.272 e. The molecular formula is C23H18N6O2. The lowest BCUT2D eigenvalue weighted by molar-refractivity contribution is -0.124. The Morgan fingerprint density at radius 3 is 2.74 bits per heavy atom. The SMILES string of the molecule is CN(Cc1cccc(C#N)c1)C(=O)/C(=C/c1ccco1)n1nnnc1-c1ccccc1. The molecule has 0 N–H and O–H groups in total. The summed E-state index contributed by atoms with van der Waals surface area (Å²) in [5, 5.41) is 21.1. The van der Waals surface area contributed by atoms with Crippen molar-refractivity contribution in [2.24, 2.45) is 0 Å². The minimum atomic E-state index is -0.303. The van der Waals surface area contributed by atoms with E-state index in [4.69, 9.17) is 9.68 Å². The van der Waals surface area contributed by atoms with Crippen molar-refractivity contribution < 1.29 is 9.21 Å².